The molecule has 2 rings (SSSR count). The van der Waals surface area contributed by atoms with E-state index in [-0.39, 0.29) is 5.56 Å². The Balaban J connectivity index is 1.98. The normalized spacial score (nSPS) is 12.4. The third-order valence-electron chi connectivity index (χ3n) is 3.40. The van der Waals surface area contributed by atoms with E-state index >= 15 is 0 Å². The largest absolute Gasteiger partial charge is 0.456 e. The third kappa shape index (κ3) is 5.14. The van der Waals surface area contributed by atoms with E-state index in [1.165, 1.54) is 12.1 Å². The molecule has 0 saturated heterocycles. The van der Waals surface area contributed by atoms with Crippen molar-refractivity contribution in [1.29, 1.82) is 0 Å². The van der Waals surface area contributed by atoms with Crippen LogP contribution in [0.5, 0.6) is 0 Å². The lowest BCUT2D eigenvalue weighted by Crippen LogP contribution is -2.40. The van der Waals surface area contributed by atoms with Gasteiger partial charge in [0.25, 0.3) is 0 Å². The fourth-order valence-electron chi connectivity index (χ4n) is 2.02. The summed E-state index contributed by atoms with van der Waals surface area (Å²) in [6.07, 6.45) is 0. The standard InChI is InChI=1S/C17H14F3NO5S/c1-10(21-27(24,25)16-5-3-2-4-13(16)19)17(23)26-9-15(22)11-6-7-12(18)14(20)8-11/h2-8,10,21H,9H2,1H3/t10-/m0/s1. The second-order valence-corrected chi connectivity index (χ2v) is 7.12. The summed E-state index contributed by atoms with van der Waals surface area (Å²) in [5.41, 5.74) is -0.221. The summed E-state index contributed by atoms with van der Waals surface area (Å²) in [4.78, 5) is 23.0. The molecule has 0 unspecified atom stereocenters. The molecule has 144 valence electrons. The number of carbonyl (C=O) groups excluding carboxylic acids is 2. The molecule has 6 nitrogen and oxygen atoms in total. The van der Waals surface area contributed by atoms with Gasteiger partial charge >= 0.3 is 5.97 Å². The molecule has 0 amide bonds. The Hall–Kier alpha value is -2.72. The first kappa shape index (κ1) is 20.6. The maximum absolute atomic E-state index is 13.6. The van der Waals surface area contributed by atoms with Gasteiger partial charge in [-0.3, -0.25) is 9.59 Å². The zero-order valence-electron chi connectivity index (χ0n) is 13.9. The summed E-state index contributed by atoms with van der Waals surface area (Å²) in [5.74, 6) is -5.30. The minimum atomic E-state index is -4.34. The van der Waals surface area contributed by atoms with Crippen LogP contribution in [-0.4, -0.2) is 32.8 Å². The van der Waals surface area contributed by atoms with E-state index in [0.29, 0.717) is 6.07 Å². The van der Waals surface area contributed by atoms with Crippen LogP contribution in [0.15, 0.2) is 47.4 Å². The van der Waals surface area contributed by atoms with Gasteiger partial charge in [0.15, 0.2) is 24.0 Å². The number of esters is 1. The number of sulfonamides is 1. The van der Waals surface area contributed by atoms with Crippen LogP contribution >= 0.6 is 0 Å². The molecule has 10 heteroatoms. The highest BCUT2D eigenvalue weighted by atomic mass is 32.2. The Bertz CT molecular complexity index is 978. The molecule has 0 fully saturated rings. The summed E-state index contributed by atoms with van der Waals surface area (Å²) < 4.78 is 70.3. The molecular formula is C17H14F3NO5S. The van der Waals surface area contributed by atoms with Gasteiger partial charge in [0.1, 0.15) is 16.8 Å². The molecule has 0 heterocycles. The van der Waals surface area contributed by atoms with E-state index in [1.807, 2.05) is 4.72 Å². The van der Waals surface area contributed by atoms with Gasteiger partial charge in [0.05, 0.1) is 0 Å². The number of hydrogen-bond acceptors (Lipinski definition) is 5. The van der Waals surface area contributed by atoms with Gasteiger partial charge in [0, 0.05) is 5.56 Å². The van der Waals surface area contributed by atoms with Crippen LogP contribution in [0, 0.1) is 17.5 Å². The number of nitrogens with one attached hydrogen (secondary N) is 1. The SMILES string of the molecule is C[C@H](NS(=O)(=O)c1ccccc1F)C(=O)OCC(=O)c1ccc(F)c(F)c1. The van der Waals surface area contributed by atoms with Crippen LogP contribution in [-0.2, 0) is 19.6 Å². The van der Waals surface area contributed by atoms with E-state index in [4.69, 9.17) is 0 Å². The van der Waals surface area contributed by atoms with Crippen LogP contribution < -0.4 is 4.72 Å². The molecule has 2 aromatic rings. The maximum Gasteiger partial charge on any atom is 0.324 e. The molecule has 0 radical (unpaired) electrons. The Morgan fingerprint density at radius 3 is 2.33 bits per heavy atom. The number of halogens is 3. The van der Waals surface area contributed by atoms with Crippen LogP contribution in [0.4, 0.5) is 13.2 Å². The quantitative estimate of drug-likeness (QED) is 0.568. The van der Waals surface area contributed by atoms with Crippen LogP contribution in [0.25, 0.3) is 0 Å². The zero-order chi connectivity index (χ0) is 20.2. The molecule has 0 aliphatic rings. The van der Waals surface area contributed by atoms with Gasteiger partial charge in [0.2, 0.25) is 10.0 Å². The average molecular weight is 401 g/mol. The van der Waals surface area contributed by atoms with E-state index in [2.05, 4.69) is 4.74 Å². The third-order valence-corrected chi connectivity index (χ3v) is 4.97. The zero-order valence-corrected chi connectivity index (χ0v) is 14.7. The highest BCUT2D eigenvalue weighted by molar-refractivity contribution is 7.89. The molecule has 0 spiro atoms. The summed E-state index contributed by atoms with van der Waals surface area (Å²) in [6.45, 7) is 0.332. The van der Waals surface area contributed by atoms with E-state index < -0.39 is 56.8 Å². The number of carbonyl (C=O) groups is 2. The summed E-state index contributed by atoms with van der Waals surface area (Å²) in [5, 5.41) is 0. The molecule has 1 N–H and O–H groups in total. The molecule has 0 saturated carbocycles. The molecule has 0 aliphatic heterocycles. The topological polar surface area (TPSA) is 89.5 Å². The summed E-state index contributed by atoms with van der Waals surface area (Å²) >= 11 is 0. The lowest BCUT2D eigenvalue weighted by Gasteiger charge is -2.14. The van der Waals surface area contributed by atoms with Crippen molar-refractivity contribution in [2.45, 2.75) is 17.9 Å². The van der Waals surface area contributed by atoms with Gasteiger partial charge in [-0.1, -0.05) is 12.1 Å². The minimum Gasteiger partial charge on any atom is -0.456 e. The predicted octanol–water partition coefficient (Wildman–Crippen LogP) is 2.20. The minimum absolute atomic E-state index is 0.221. The highest BCUT2D eigenvalue weighted by Crippen LogP contribution is 2.14. The fraction of sp³-hybridized carbons (Fsp3) is 0.176. The van der Waals surface area contributed by atoms with E-state index in [1.54, 1.807) is 0 Å². The monoisotopic (exact) mass is 401 g/mol. The van der Waals surface area contributed by atoms with E-state index in [9.17, 15) is 31.2 Å². The lowest BCUT2D eigenvalue weighted by atomic mass is 10.1. The van der Waals surface area contributed by atoms with Crippen molar-refractivity contribution < 1.29 is 35.9 Å². The maximum atomic E-state index is 13.6. The Morgan fingerprint density at radius 1 is 1.04 bits per heavy atom. The first-order chi connectivity index (χ1) is 12.6. The molecule has 0 aliphatic carbocycles. The number of benzene rings is 2. The highest BCUT2D eigenvalue weighted by Gasteiger charge is 2.26. The van der Waals surface area contributed by atoms with Gasteiger partial charge in [-0.05, 0) is 37.3 Å². The van der Waals surface area contributed by atoms with Crippen molar-refractivity contribution in [3.63, 3.8) is 0 Å². The number of ether oxygens (including phenoxy) is 1. The van der Waals surface area contributed by atoms with Gasteiger partial charge < -0.3 is 4.74 Å². The lowest BCUT2D eigenvalue weighted by molar-refractivity contribution is -0.144. The first-order valence-electron chi connectivity index (χ1n) is 7.53. The predicted molar refractivity (Wildman–Crippen MR) is 87.8 cm³/mol. The number of rotatable bonds is 7. The molecule has 1 atom stereocenters. The fourth-order valence-corrected chi connectivity index (χ4v) is 3.29. The van der Waals surface area contributed by atoms with Gasteiger partial charge in [-0.25, -0.2) is 21.6 Å². The van der Waals surface area contributed by atoms with E-state index in [0.717, 1.165) is 31.2 Å². The van der Waals surface area contributed by atoms with Crippen molar-refractivity contribution in [2.24, 2.45) is 0 Å². The van der Waals surface area contributed by atoms with Crippen molar-refractivity contribution in [3.05, 3.63) is 65.5 Å². The number of hydrogen-bond donors (Lipinski definition) is 1. The number of Topliss-reactive ketones (excluding diaryl/α,β-unsaturated/α-hetero) is 1. The molecular weight excluding hydrogens is 387 g/mol. The van der Waals surface area contributed by atoms with Crippen molar-refractivity contribution >= 4 is 21.8 Å². The van der Waals surface area contributed by atoms with Crippen molar-refractivity contribution in [1.82, 2.24) is 4.72 Å². The first-order valence-corrected chi connectivity index (χ1v) is 9.02. The van der Waals surface area contributed by atoms with Crippen molar-refractivity contribution in [3.8, 4) is 0 Å². The second-order valence-electron chi connectivity index (χ2n) is 5.43. The van der Waals surface area contributed by atoms with Gasteiger partial charge in [-0.2, -0.15) is 4.72 Å². The Kier molecular flexibility index (Phi) is 6.34. The number of ketones is 1. The van der Waals surface area contributed by atoms with Crippen LogP contribution in [0.2, 0.25) is 0 Å². The van der Waals surface area contributed by atoms with Gasteiger partial charge in [-0.15, -0.1) is 0 Å². The van der Waals surface area contributed by atoms with Crippen molar-refractivity contribution in [2.75, 3.05) is 6.61 Å². The van der Waals surface area contributed by atoms with Crippen LogP contribution in [0.1, 0.15) is 17.3 Å². The van der Waals surface area contributed by atoms with Crippen LogP contribution in [0.3, 0.4) is 0 Å². The smallest absolute Gasteiger partial charge is 0.324 e. The summed E-state index contributed by atoms with van der Waals surface area (Å²) in [7, 11) is -4.34. The average Bonchev–Trinajstić information content (AvgIpc) is 2.61. The Morgan fingerprint density at radius 2 is 1.70 bits per heavy atom. The molecule has 0 bridgehead atoms. The second kappa shape index (κ2) is 8.31. The molecule has 27 heavy (non-hydrogen) atoms. The summed E-state index contributed by atoms with van der Waals surface area (Å²) in [6, 6.07) is 5.55. The Labute approximate surface area is 153 Å². The molecule has 2 aromatic carbocycles. The molecule has 0 aromatic heterocycles.